The molecule has 7 heteroatoms. The summed E-state index contributed by atoms with van der Waals surface area (Å²) in [5.74, 6) is -1.28. The smallest absolute Gasteiger partial charge is 0.334 e. The molecule has 0 aromatic heterocycles. The minimum absolute atomic E-state index is 0.00165. The maximum absolute atomic E-state index is 12.7. The number of carbonyl (C=O) groups excluding carboxylic acids is 1. The molecule has 0 atom stereocenters. The van der Waals surface area contributed by atoms with Crippen LogP contribution in [-0.4, -0.2) is 26.1 Å². The van der Waals surface area contributed by atoms with Crippen molar-refractivity contribution >= 4 is 22.0 Å². The number of aliphatic hydroxyl groups is 1. The van der Waals surface area contributed by atoms with Crippen LogP contribution in [-0.2, 0) is 19.8 Å². The molecule has 0 fully saturated rings. The van der Waals surface area contributed by atoms with Crippen molar-refractivity contribution < 1.29 is 26.9 Å². The first-order chi connectivity index (χ1) is 8.34. The van der Waals surface area contributed by atoms with E-state index in [1.54, 1.807) is 6.92 Å². The first-order valence-electron chi connectivity index (χ1n) is 4.97. The highest BCUT2D eigenvalue weighted by atomic mass is 32.3. The number of benzene rings is 1. The van der Waals surface area contributed by atoms with Gasteiger partial charge in [0.2, 0.25) is 0 Å². The first-order valence-corrected chi connectivity index (χ1v) is 6.35. The molecule has 0 radical (unpaired) electrons. The standard InChI is InChI=1S/C11H11FO5S/c1-2-17-11(14)7-10(13)8-4-3-5-9(6-8)18(12,15)16/h3-7,13H,2H2,1H3/b10-7-. The molecule has 1 aromatic rings. The molecule has 0 aliphatic heterocycles. The maximum atomic E-state index is 12.7. The molecule has 0 aliphatic carbocycles. The Morgan fingerprint density at radius 3 is 2.72 bits per heavy atom. The van der Waals surface area contributed by atoms with Crippen LogP contribution >= 0.6 is 0 Å². The SMILES string of the molecule is CCOC(=O)/C=C(\O)c1cccc(S(=O)(=O)F)c1. The Morgan fingerprint density at radius 2 is 2.17 bits per heavy atom. The third kappa shape index (κ3) is 3.85. The number of ether oxygens (including phenoxy) is 1. The van der Waals surface area contributed by atoms with Crippen LogP contribution in [0.15, 0.2) is 35.2 Å². The summed E-state index contributed by atoms with van der Waals surface area (Å²) >= 11 is 0. The van der Waals surface area contributed by atoms with E-state index in [1.165, 1.54) is 12.1 Å². The Balaban J connectivity index is 3.08. The molecule has 0 aliphatic rings. The molecule has 0 bridgehead atoms. The summed E-state index contributed by atoms with van der Waals surface area (Å²) in [5.41, 5.74) is 0.00165. The summed E-state index contributed by atoms with van der Waals surface area (Å²) in [4.78, 5) is 10.5. The van der Waals surface area contributed by atoms with Crippen molar-refractivity contribution in [2.75, 3.05) is 6.61 Å². The van der Waals surface area contributed by atoms with Gasteiger partial charge >= 0.3 is 16.2 Å². The number of esters is 1. The normalized spacial score (nSPS) is 12.2. The van der Waals surface area contributed by atoms with E-state index in [2.05, 4.69) is 4.74 Å². The van der Waals surface area contributed by atoms with E-state index in [-0.39, 0.29) is 12.2 Å². The molecular formula is C11H11FO5S. The monoisotopic (exact) mass is 274 g/mol. The van der Waals surface area contributed by atoms with E-state index in [9.17, 15) is 22.2 Å². The number of carbonyl (C=O) groups is 1. The van der Waals surface area contributed by atoms with Gasteiger partial charge in [-0.05, 0) is 19.1 Å². The van der Waals surface area contributed by atoms with E-state index >= 15 is 0 Å². The third-order valence-corrected chi connectivity index (χ3v) is 2.77. The predicted octanol–water partition coefficient (Wildman–Crippen LogP) is 1.81. The van der Waals surface area contributed by atoms with Gasteiger partial charge in [0, 0.05) is 5.56 Å². The van der Waals surface area contributed by atoms with Crippen LogP contribution in [0.5, 0.6) is 0 Å². The second-order valence-corrected chi connectivity index (χ2v) is 4.59. The molecule has 0 amide bonds. The topological polar surface area (TPSA) is 80.7 Å². The number of halogens is 1. The average molecular weight is 274 g/mol. The van der Waals surface area contributed by atoms with Gasteiger partial charge in [0.15, 0.2) is 0 Å². The number of hydrogen-bond donors (Lipinski definition) is 1. The van der Waals surface area contributed by atoms with Crippen molar-refractivity contribution in [2.24, 2.45) is 0 Å². The molecule has 0 heterocycles. The van der Waals surface area contributed by atoms with Crippen LogP contribution in [0, 0.1) is 0 Å². The molecule has 0 unspecified atom stereocenters. The molecule has 0 saturated carbocycles. The molecule has 0 saturated heterocycles. The highest BCUT2D eigenvalue weighted by molar-refractivity contribution is 7.86. The average Bonchev–Trinajstić information content (AvgIpc) is 2.28. The Kier molecular flexibility index (Phi) is 4.43. The van der Waals surface area contributed by atoms with Gasteiger partial charge in [-0.1, -0.05) is 12.1 Å². The zero-order valence-electron chi connectivity index (χ0n) is 9.46. The maximum Gasteiger partial charge on any atom is 0.334 e. The van der Waals surface area contributed by atoms with Gasteiger partial charge in [0.1, 0.15) is 5.76 Å². The fraction of sp³-hybridized carbons (Fsp3) is 0.182. The van der Waals surface area contributed by atoms with Gasteiger partial charge in [-0.25, -0.2) is 4.79 Å². The molecular weight excluding hydrogens is 263 g/mol. The summed E-state index contributed by atoms with van der Waals surface area (Å²) in [6, 6.07) is 4.54. The number of hydrogen-bond acceptors (Lipinski definition) is 5. The van der Waals surface area contributed by atoms with Gasteiger partial charge in [-0.2, -0.15) is 8.42 Å². The second kappa shape index (κ2) is 5.63. The van der Waals surface area contributed by atoms with E-state index < -0.39 is 26.8 Å². The Labute approximate surface area is 104 Å². The molecule has 1 aromatic carbocycles. The van der Waals surface area contributed by atoms with Crippen LogP contribution in [0.3, 0.4) is 0 Å². The summed E-state index contributed by atoms with van der Waals surface area (Å²) in [6.45, 7) is 1.74. The van der Waals surface area contributed by atoms with Crippen LogP contribution < -0.4 is 0 Å². The van der Waals surface area contributed by atoms with Crippen LogP contribution in [0.2, 0.25) is 0 Å². The van der Waals surface area contributed by atoms with Gasteiger partial charge in [0.25, 0.3) is 0 Å². The quantitative estimate of drug-likeness (QED) is 0.392. The molecule has 5 nitrogen and oxygen atoms in total. The van der Waals surface area contributed by atoms with Crippen LogP contribution in [0.1, 0.15) is 12.5 Å². The van der Waals surface area contributed by atoms with Crippen molar-refractivity contribution in [3.8, 4) is 0 Å². The lowest BCUT2D eigenvalue weighted by molar-refractivity contribution is -0.137. The van der Waals surface area contributed by atoms with Gasteiger partial charge in [-0.15, -0.1) is 3.89 Å². The van der Waals surface area contributed by atoms with Crippen molar-refractivity contribution in [1.29, 1.82) is 0 Å². The minimum atomic E-state index is -4.85. The lowest BCUT2D eigenvalue weighted by atomic mass is 10.2. The van der Waals surface area contributed by atoms with Crippen LogP contribution in [0.4, 0.5) is 3.89 Å². The first kappa shape index (κ1) is 14.2. The molecule has 18 heavy (non-hydrogen) atoms. The zero-order chi connectivity index (χ0) is 13.8. The number of aliphatic hydroxyl groups excluding tert-OH is 1. The summed E-state index contributed by atoms with van der Waals surface area (Å²) in [7, 11) is -4.85. The molecule has 98 valence electrons. The van der Waals surface area contributed by atoms with Gasteiger partial charge < -0.3 is 9.84 Å². The fourth-order valence-corrected chi connectivity index (χ4v) is 1.69. The molecule has 1 N–H and O–H groups in total. The van der Waals surface area contributed by atoms with Gasteiger partial charge in [0.05, 0.1) is 17.6 Å². The zero-order valence-corrected chi connectivity index (χ0v) is 10.3. The Morgan fingerprint density at radius 1 is 1.50 bits per heavy atom. The Hall–Kier alpha value is -1.89. The highest BCUT2D eigenvalue weighted by Crippen LogP contribution is 2.18. The van der Waals surface area contributed by atoms with Crippen molar-refractivity contribution in [3.05, 3.63) is 35.9 Å². The van der Waals surface area contributed by atoms with Crippen molar-refractivity contribution in [2.45, 2.75) is 11.8 Å². The summed E-state index contributed by atoms with van der Waals surface area (Å²) < 4.78 is 38.6. The van der Waals surface area contributed by atoms with Crippen LogP contribution in [0.25, 0.3) is 5.76 Å². The summed E-state index contributed by atoms with van der Waals surface area (Å²) in [6.07, 6.45) is 0.785. The lowest BCUT2D eigenvalue weighted by Crippen LogP contribution is -2.01. The minimum Gasteiger partial charge on any atom is -0.507 e. The third-order valence-electron chi connectivity index (χ3n) is 1.95. The van der Waals surface area contributed by atoms with Crippen molar-refractivity contribution in [3.63, 3.8) is 0 Å². The fourth-order valence-electron chi connectivity index (χ4n) is 1.19. The molecule has 0 spiro atoms. The van der Waals surface area contributed by atoms with E-state index in [0.717, 1.165) is 18.2 Å². The van der Waals surface area contributed by atoms with E-state index in [1.807, 2.05) is 0 Å². The van der Waals surface area contributed by atoms with E-state index in [4.69, 9.17) is 0 Å². The summed E-state index contributed by atoms with van der Waals surface area (Å²) in [5, 5.41) is 9.55. The number of rotatable bonds is 4. The molecule has 1 rings (SSSR count). The van der Waals surface area contributed by atoms with E-state index in [0.29, 0.717) is 0 Å². The second-order valence-electron chi connectivity index (χ2n) is 3.25. The lowest BCUT2D eigenvalue weighted by Gasteiger charge is -2.02. The van der Waals surface area contributed by atoms with Gasteiger partial charge in [-0.3, -0.25) is 0 Å². The predicted molar refractivity (Wildman–Crippen MR) is 62.0 cm³/mol. The largest absolute Gasteiger partial charge is 0.507 e. The van der Waals surface area contributed by atoms with Crippen molar-refractivity contribution in [1.82, 2.24) is 0 Å². The highest BCUT2D eigenvalue weighted by Gasteiger charge is 2.13. The Bertz CT molecular complexity index is 577.